The number of nitrogens with zero attached hydrogens (tertiary/aromatic N) is 1. The van der Waals surface area contributed by atoms with E-state index in [2.05, 4.69) is 28.6 Å². The van der Waals surface area contributed by atoms with Crippen LogP contribution in [0.25, 0.3) is 10.9 Å². The van der Waals surface area contributed by atoms with E-state index in [0.29, 0.717) is 18.9 Å². The van der Waals surface area contributed by atoms with Crippen molar-refractivity contribution >= 4 is 22.8 Å². The SMILES string of the molecule is O=C(CCCC1CCN(C(=O)NCCCc2c[nH]c3ccccc23)CC1)NO. The summed E-state index contributed by atoms with van der Waals surface area (Å²) in [4.78, 5) is 28.6. The van der Waals surface area contributed by atoms with Crippen LogP contribution in [0.3, 0.4) is 0 Å². The van der Waals surface area contributed by atoms with Gasteiger partial charge in [-0.3, -0.25) is 10.0 Å². The topological polar surface area (TPSA) is 97.5 Å². The second-order valence-electron chi connectivity index (χ2n) is 7.55. The molecule has 0 bridgehead atoms. The minimum atomic E-state index is -0.329. The van der Waals surface area contributed by atoms with Crippen molar-refractivity contribution in [3.05, 3.63) is 36.0 Å². The molecule has 7 nitrogen and oxygen atoms in total. The maximum atomic E-state index is 12.3. The van der Waals surface area contributed by atoms with Gasteiger partial charge in [0.25, 0.3) is 0 Å². The molecule has 3 amide bonds. The first-order chi connectivity index (χ1) is 13.7. The third kappa shape index (κ3) is 5.48. The van der Waals surface area contributed by atoms with Crippen LogP contribution in [0, 0.1) is 5.92 Å². The number of hydrogen-bond acceptors (Lipinski definition) is 3. The van der Waals surface area contributed by atoms with Crippen molar-refractivity contribution in [3.8, 4) is 0 Å². The maximum Gasteiger partial charge on any atom is 0.317 e. The number of rotatable bonds is 8. The van der Waals surface area contributed by atoms with Gasteiger partial charge in [-0.15, -0.1) is 0 Å². The zero-order valence-corrected chi connectivity index (χ0v) is 16.2. The normalized spacial score (nSPS) is 15.0. The van der Waals surface area contributed by atoms with Crippen molar-refractivity contribution in [2.45, 2.75) is 44.9 Å². The fourth-order valence-electron chi connectivity index (χ4n) is 3.96. The minimum absolute atomic E-state index is 0.0250. The lowest BCUT2D eigenvalue weighted by atomic mass is 9.91. The molecule has 3 rings (SSSR count). The van der Waals surface area contributed by atoms with E-state index in [4.69, 9.17) is 5.21 Å². The number of aromatic nitrogens is 1. The van der Waals surface area contributed by atoms with Crippen LogP contribution in [-0.2, 0) is 11.2 Å². The molecule has 2 aromatic rings. The van der Waals surface area contributed by atoms with E-state index < -0.39 is 0 Å². The Hall–Kier alpha value is -2.54. The van der Waals surface area contributed by atoms with E-state index in [1.54, 1.807) is 5.48 Å². The Bertz CT molecular complexity index is 781. The van der Waals surface area contributed by atoms with E-state index in [1.165, 1.54) is 10.9 Å². The molecule has 0 aliphatic carbocycles. The molecule has 0 atom stereocenters. The molecule has 1 fully saturated rings. The first kappa shape index (κ1) is 20.2. The molecule has 7 heteroatoms. The second kappa shape index (κ2) is 10.1. The number of fused-ring (bicyclic) bond motifs is 1. The number of urea groups is 1. The highest BCUT2D eigenvalue weighted by Gasteiger charge is 2.22. The van der Waals surface area contributed by atoms with Crippen molar-refractivity contribution in [3.63, 3.8) is 0 Å². The van der Waals surface area contributed by atoms with Gasteiger partial charge in [0.15, 0.2) is 0 Å². The van der Waals surface area contributed by atoms with Crippen LogP contribution in [0.1, 0.15) is 44.1 Å². The van der Waals surface area contributed by atoms with E-state index in [9.17, 15) is 9.59 Å². The molecule has 1 saturated heterocycles. The number of amides is 3. The molecule has 0 spiro atoms. The van der Waals surface area contributed by atoms with Gasteiger partial charge in [0.05, 0.1) is 0 Å². The van der Waals surface area contributed by atoms with Crippen molar-refractivity contribution in [1.29, 1.82) is 0 Å². The van der Waals surface area contributed by atoms with Gasteiger partial charge in [0.1, 0.15) is 0 Å². The van der Waals surface area contributed by atoms with Gasteiger partial charge in [-0.2, -0.15) is 0 Å². The molecule has 0 radical (unpaired) electrons. The lowest BCUT2D eigenvalue weighted by Gasteiger charge is -2.32. The predicted molar refractivity (Wildman–Crippen MR) is 108 cm³/mol. The highest BCUT2D eigenvalue weighted by molar-refractivity contribution is 5.83. The van der Waals surface area contributed by atoms with Crippen LogP contribution in [0.15, 0.2) is 30.5 Å². The number of carbonyl (C=O) groups excluding carboxylic acids is 2. The van der Waals surface area contributed by atoms with Crippen LogP contribution in [-0.4, -0.2) is 46.7 Å². The van der Waals surface area contributed by atoms with Gasteiger partial charge in [0.2, 0.25) is 5.91 Å². The third-order valence-corrected chi connectivity index (χ3v) is 5.62. The molecular weight excluding hydrogens is 356 g/mol. The lowest BCUT2D eigenvalue weighted by Crippen LogP contribution is -2.44. The zero-order chi connectivity index (χ0) is 19.8. The molecule has 152 valence electrons. The highest BCUT2D eigenvalue weighted by Crippen LogP contribution is 2.22. The Labute approximate surface area is 165 Å². The molecule has 4 N–H and O–H groups in total. The summed E-state index contributed by atoms with van der Waals surface area (Å²) in [5.74, 6) is 0.224. The van der Waals surface area contributed by atoms with Gasteiger partial charge in [-0.1, -0.05) is 18.2 Å². The second-order valence-corrected chi connectivity index (χ2v) is 7.55. The van der Waals surface area contributed by atoms with E-state index >= 15 is 0 Å². The number of carbonyl (C=O) groups is 2. The first-order valence-corrected chi connectivity index (χ1v) is 10.2. The molecule has 1 aromatic heterocycles. The molecule has 1 aliphatic rings. The third-order valence-electron chi connectivity index (χ3n) is 5.62. The summed E-state index contributed by atoms with van der Waals surface area (Å²) < 4.78 is 0. The summed E-state index contributed by atoms with van der Waals surface area (Å²) in [5, 5.41) is 12.8. The number of likely N-dealkylation sites (tertiary alicyclic amines) is 1. The zero-order valence-electron chi connectivity index (χ0n) is 16.2. The van der Waals surface area contributed by atoms with Gasteiger partial charge in [-0.05, 0) is 56.1 Å². The highest BCUT2D eigenvalue weighted by atomic mass is 16.5. The molecular formula is C21H30N4O3. The Morgan fingerprint density at radius 2 is 1.96 bits per heavy atom. The number of para-hydroxylation sites is 1. The van der Waals surface area contributed by atoms with Gasteiger partial charge < -0.3 is 15.2 Å². The number of piperidine rings is 1. The number of nitrogens with one attached hydrogen (secondary N) is 3. The molecule has 2 heterocycles. The Kier molecular flexibility index (Phi) is 7.31. The monoisotopic (exact) mass is 386 g/mol. The lowest BCUT2D eigenvalue weighted by molar-refractivity contribution is -0.129. The van der Waals surface area contributed by atoms with Crippen molar-refractivity contribution in [1.82, 2.24) is 20.7 Å². The Balaban J connectivity index is 1.31. The fourth-order valence-corrected chi connectivity index (χ4v) is 3.96. The largest absolute Gasteiger partial charge is 0.361 e. The van der Waals surface area contributed by atoms with Crippen LogP contribution < -0.4 is 10.8 Å². The Morgan fingerprint density at radius 3 is 2.75 bits per heavy atom. The predicted octanol–water partition coefficient (Wildman–Crippen LogP) is 3.20. The van der Waals surface area contributed by atoms with E-state index in [1.807, 2.05) is 17.0 Å². The van der Waals surface area contributed by atoms with Crippen LogP contribution >= 0.6 is 0 Å². The first-order valence-electron chi connectivity index (χ1n) is 10.2. The van der Waals surface area contributed by atoms with Gasteiger partial charge in [0, 0.05) is 43.2 Å². The van der Waals surface area contributed by atoms with Gasteiger partial charge in [-0.25, -0.2) is 10.3 Å². The summed E-state index contributed by atoms with van der Waals surface area (Å²) >= 11 is 0. The summed E-state index contributed by atoms with van der Waals surface area (Å²) in [7, 11) is 0. The van der Waals surface area contributed by atoms with Crippen molar-refractivity contribution in [2.75, 3.05) is 19.6 Å². The number of aryl methyl sites for hydroxylation is 1. The summed E-state index contributed by atoms with van der Waals surface area (Å²) in [6, 6.07) is 8.30. The van der Waals surface area contributed by atoms with Crippen molar-refractivity contribution in [2.24, 2.45) is 5.92 Å². The van der Waals surface area contributed by atoms with Gasteiger partial charge >= 0.3 is 6.03 Å². The molecule has 28 heavy (non-hydrogen) atoms. The molecule has 0 saturated carbocycles. The van der Waals surface area contributed by atoms with E-state index in [-0.39, 0.29) is 11.9 Å². The smallest absolute Gasteiger partial charge is 0.317 e. The molecule has 1 aliphatic heterocycles. The fraction of sp³-hybridized carbons (Fsp3) is 0.524. The Morgan fingerprint density at radius 1 is 1.18 bits per heavy atom. The molecule has 1 aromatic carbocycles. The number of aromatic amines is 1. The number of hydroxylamine groups is 1. The minimum Gasteiger partial charge on any atom is -0.361 e. The van der Waals surface area contributed by atoms with Crippen LogP contribution in [0.2, 0.25) is 0 Å². The van der Waals surface area contributed by atoms with Crippen molar-refractivity contribution < 1.29 is 14.8 Å². The number of hydrogen-bond donors (Lipinski definition) is 4. The quantitative estimate of drug-likeness (QED) is 0.319. The average molecular weight is 386 g/mol. The summed E-state index contributed by atoms with van der Waals surface area (Å²) in [6.07, 6.45) is 7.96. The number of H-pyrrole nitrogens is 1. The maximum absolute atomic E-state index is 12.3. The average Bonchev–Trinajstić information content (AvgIpc) is 3.14. The van der Waals surface area contributed by atoms with Crippen LogP contribution in [0.4, 0.5) is 4.79 Å². The number of benzene rings is 1. The summed E-state index contributed by atoms with van der Waals surface area (Å²) in [6.45, 7) is 2.21. The standard InChI is InChI=1S/C21H30N4O3/c26-20(24-28)9-3-5-16-10-13-25(14-11-16)21(27)22-12-4-6-17-15-23-19-8-2-1-7-18(17)19/h1-2,7-8,15-16,23,28H,3-6,9-14H2,(H,22,27)(H,24,26). The van der Waals surface area contributed by atoms with Crippen LogP contribution in [0.5, 0.6) is 0 Å². The van der Waals surface area contributed by atoms with E-state index in [0.717, 1.165) is 57.1 Å². The summed E-state index contributed by atoms with van der Waals surface area (Å²) in [5.41, 5.74) is 4.11. The molecule has 0 unspecified atom stereocenters.